The molecule has 0 unspecified atom stereocenters. The minimum atomic E-state index is -0.287. The SMILES string of the molecule is COc1ccc(C)cc1-n1nnnc1SCC(=O)Nc1c(C#N)c(C)c(C)n1Cc1ccco1. The molecule has 0 radical (unpaired) electrons. The zero-order valence-corrected chi connectivity index (χ0v) is 20.0. The van der Waals surface area contributed by atoms with Crippen molar-refractivity contribution in [3.63, 3.8) is 0 Å². The van der Waals surface area contributed by atoms with Crippen LogP contribution in [0.3, 0.4) is 0 Å². The largest absolute Gasteiger partial charge is 0.494 e. The van der Waals surface area contributed by atoms with Crippen molar-refractivity contribution < 1.29 is 13.9 Å². The number of carbonyl (C=O) groups is 1. The Labute approximate surface area is 200 Å². The van der Waals surface area contributed by atoms with Gasteiger partial charge in [-0.3, -0.25) is 4.79 Å². The third kappa shape index (κ3) is 4.53. The molecule has 3 heterocycles. The first kappa shape index (κ1) is 23.1. The Bertz CT molecular complexity index is 1370. The zero-order chi connectivity index (χ0) is 24.2. The van der Waals surface area contributed by atoms with Gasteiger partial charge in [0, 0.05) is 5.69 Å². The molecule has 0 aliphatic heterocycles. The van der Waals surface area contributed by atoms with Crippen molar-refractivity contribution in [1.29, 1.82) is 5.26 Å². The van der Waals surface area contributed by atoms with Crippen LogP contribution in [0, 0.1) is 32.1 Å². The summed E-state index contributed by atoms with van der Waals surface area (Å²) in [6.07, 6.45) is 1.59. The van der Waals surface area contributed by atoms with Crippen LogP contribution >= 0.6 is 11.8 Å². The number of furan rings is 1. The lowest BCUT2D eigenvalue weighted by Crippen LogP contribution is -2.19. The third-order valence-electron chi connectivity index (χ3n) is 5.43. The predicted molar refractivity (Wildman–Crippen MR) is 126 cm³/mol. The van der Waals surface area contributed by atoms with E-state index in [1.807, 2.05) is 49.6 Å². The number of anilines is 1. The smallest absolute Gasteiger partial charge is 0.235 e. The Hall–Kier alpha value is -4.04. The van der Waals surface area contributed by atoms with Crippen molar-refractivity contribution in [2.75, 3.05) is 18.2 Å². The van der Waals surface area contributed by atoms with Crippen molar-refractivity contribution in [2.24, 2.45) is 0 Å². The lowest BCUT2D eigenvalue weighted by atomic mass is 10.2. The molecule has 1 amide bonds. The minimum Gasteiger partial charge on any atom is -0.494 e. The number of amides is 1. The van der Waals surface area contributed by atoms with Crippen molar-refractivity contribution in [2.45, 2.75) is 32.5 Å². The van der Waals surface area contributed by atoms with Gasteiger partial charge in [0.05, 0.1) is 31.2 Å². The van der Waals surface area contributed by atoms with E-state index in [2.05, 4.69) is 26.9 Å². The number of ether oxygens (including phenoxy) is 1. The molecule has 0 fully saturated rings. The zero-order valence-electron chi connectivity index (χ0n) is 19.2. The van der Waals surface area contributed by atoms with Gasteiger partial charge in [0.15, 0.2) is 0 Å². The van der Waals surface area contributed by atoms with Gasteiger partial charge in [-0.05, 0) is 66.6 Å². The summed E-state index contributed by atoms with van der Waals surface area (Å²) >= 11 is 1.19. The number of nitrogens with zero attached hydrogens (tertiary/aromatic N) is 6. The average molecular weight is 478 g/mol. The Morgan fingerprint density at radius 1 is 1.29 bits per heavy atom. The maximum absolute atomic E-state index is 12.9. The number of rotatable bonds is 8. The van der Waals surface area contributed by atoms with Crippen molar-refractivity contribution in [3.8, 4) is 17.5 Å². The van der Waals surface area contributed by atoms with Gasteiger partial charge in [0.25, 0.3) is 0 Å². The Morgan fingerprint density at radius 2 is 2.12 bits per heavy atom. The van der Waals surface area contributed by atoms with E-state index >= 15 is 0 Å². The number of carbonyl (C=O) groups excluding carboxylic acids is 1. The third-order valence-corrected chi connectivity index (χ3v) is 6.35. The molecule has 11 heteroatoms. The van der Waals surface area contributed by atoms with Gasteiger partial charge in [-0.25, -0.2) is 0 Å². The number of nitriles is 1. The van der Waals surface area contributed by atoms with Gasteiger partial charge in [-0.2, -0.15) is 9.94 Å². The number of hydrogen-bond acceptors (Lipinski definition) is 8. The summed E-state index contributed by atoms with van der Waals surface area (Å²) in [5.41, 5.74) is 3.82. The molecule has 10 nitrogen and oxygen atoms in total. The average Bonchev–Trinajstić information content (AvgIpc) is 3.56. The molecule has 1 aromatic carbocycles. The van der Waals surface area contributed by atoms with E-state index in [1.54, 1.807) is 24.1 Å². The van der Waals surface area contributed by atoms with E-state index in [9.17, 15) is 10.1 Å². The molecule has 0 atom stereocenters. The second kappa shape index (κ2) is 9.84. The van der Waals surface area contributed by atoms with Gasteiger partial charge in [-0.15, -0.1) is 5.10 Å². The number of hydrogen-bond donors (Lipinski definition) is 1. The monoisotopic (exact) mass is 477 g/mol. The van der Waals surface area contributed by atoms with E-state index < -0.39 is 0 Å². The van der Waals surface area contributed by atoms with E-state index in [0.717, 1.165) is 22.6 Å². The molecule has 3 aromatic heterocycles. The minimum absolute atomic E-state index is 0.0450. The maximum Gasteiger partial charge on any atom is 0.235 e. The quantitative estimate of drug-likeness (QED) is 0.382. The first-order valence-electron chi connectivity index (χ1n) is 10.4. The molecule has 4 rings (SSSR count). The van der Waals surface area contributed by atoms with Crippen LogP contribution in [0.15, 0.2) is 46.2 Å². The molecule has 4 aromatic rings. The predicted octanol–water partition coefficient (Wildman–Crippen LogP) is 3.64. The van der Waals surface area contributed by atoms with Crippen molar-refractivity contribution in [1.82, 2.24) is 24.8 Å². The number of tetrazole rings is 1. The summed E-state index contributed by atoms with van der Waals surface area (Å²) in [6, 6.07) is 11.5. The number of benzene rings is 1. The Balaban J connectivity index is 1.54. The van der Waals surface area contributed by atoms with Crippen molar-refractivity contribution >= 4 is 23.5 Å². The molecule has 0 saturated heterocycles. The molecule has 0 bridgehead atoms. The van der Waals surface area contributed by atoms with Gasteiger partial charge < -0.3 is 19.0 Å². The summed E-state index contributed by atoms with van der Waals surface area (Å²) < 4.78 is 14.3. The van der Waals surface area contributed by atoms with Crippen LogP contribution in [0.1, 0.15) is 28.1 Å². The highest BCUT2D eigenvalue weighted by atomic mass is 32.2. The van der Waals surface area contributed by atoms with Gasteiger partial charge in [-0.1, -0.05) is 17.8 Å². The second-order valence-electron chi connectivity index (χ2n) is 7.60. The number of thioether (sulfide) groups is 1. The van der Waals surface area contributed by atoms with Crippen LogP contribution in [0.2, 0.25) is 0 Å². The first-order chi connectivity index (χ1) is 16.4. The summed E-state index contributed by atoms with van der Waals surface area (Å²) in [6.45, 7) is 6.13. The molecule has 0 aliphatic rings. The lowest BCUT2D eigenvalue weighted by molar-refractivity contribution is -0.113. The molecule has 0 spiro atoms. The van der Waals surface area contributed by atoms with Crippen molar-refractivity contribution in [3.05, 3.63) is 64.7 Å². The van der Waals surface area contributed by atoms with Crippen LogP contribution in [0.5, 0.6) is 5.75 Å². The molecular formula is C23H23N7O3S. The Morgan fingerprint density at radius 3 is 2.82 bits per heavy atom. The number of methoxy groups -OCH3 is 1. The first-order valence-corrected chi connectivity index (χ1v) is 11.4. The molecule has 34 heavy (non-hydrogen) atoms. The maximum atomic E-state index is 12.9. The van der Waals surface area contributed by atoms with Gasteiger partial charge in [0.2, 0.25) is 11.1 Å². The molecule has 0 saturated carbocycles. The molecular weight excluding hydrogens is 454 g/mol. The molecule has 174 valence electrons. The van der Waals surface area contributed by atoms with Gasteiger partial charge in [0.1, 0.15) is 29.1 Å². The molecule has 0 aliphatic carbocycles. The number of aryl methyl sites for hydroxylation is 1. The fourth-order valence-corrected chi connectivity index (χ4v) is 4.25. The Kier molecular flexibility index (Phi) is 6.70. The fourth-order valence-electron chi connectivity index (χ4n) is 3.57. The standard InChI is InChI=1S/C23H23N7O3S/c1-14-7-8-20(32-4)19(10-14)30-23(26-27-28-30)34-13-21(31)25-22-18(11-24)15(2)16(3)29(22)12-17-6-5-9-33-17/h5-10H,12-13H2,1-4H3,(H,25,31). The van der Waals surface area contributed by atoms with Crippen LogP contribution < -0.4 is 10.1 Å². The summed E-state index contributed by atoms with van der Waals surface area (Å²) in [7, 11) is 1.58. The van der Waals surface area contributed by atoms with E-state index in [1.165, 1.54) is 11.8 Å². The summed E-state index contributed by atoms with van der Waals surface area (Å²) in [5, 5.41) is 24.9. The second-order valence-corrected chi connectivity index (χ2v) is 8.54. The summed E-state index contributed by atoms with van der Waals surface area (Å²) in [4.78, 5) is 12.9. The number of aromatic nitrogens is 5. The highest BCUT2D eigenvalue weighted by Gasteiger charge is 2.21. The van der Waals surface area contributed by atoms with E-state index in [4.69, 9.17) is 9.15 Å². The topological polar surface area (TPSA) is 124 Å². The van der Waals surface area contributed by atoms with Crippen LogP contribution in [-0.2, 0) is 11.3 Å². The highest BCUT2D eigenvalue weighted by molar-refractivity contribution is 7.99. The van der Waals surface area contributed by atoms with Gasteiger partial charge >= 0.3 is 0 Å². The number of nitrogens with one attached hydrogen (secondary N) is 1. The fraction of sp³-hybridized carbons (Fsp3) is 0.261. The normalized spacial score (nSPS) is 10.8. The van der Waals surface area contributed by atoms with Crippen LogP contribution in [0.25, 0.3) is 5.69 Å². The van der Waals surface area contributed by atoms with E-state index in [-0.39, 0.29) is 11.7 Å². The van der Waals surface area contributed by atoms with Crippen LogP contribution in [0.4, 0.5) is 5.82 Å². The van der Waals surface area contributed by atoms with E-state index in [0.29, 0.717) is 34.5 Å². The molecule has 1 N–H and O–H groups in total. The summed E-state index contributed by atoms with van der Waals surface area (Å²) in [5.74, 6) is 1.54. The highest BCUT2D eigenvalue weighted by Crippen LogP contribution is 2.29. The lowest BCUT2D eigenvalue weighted by Gasteiger charge is -2.12. The van der Waals surface area contributed by atoms with Crippen LogP contribution in [-0.4, -0.2) is 43.5 Å².